The number of rotatable bonds is 6. The number of carbonyl (C=O) groups excluding carboxylic acids is 1. The van der Waals surface area contributed by atoms with E-state index in [9.17, 15) is 9.59 Å². The maximum Gasteiger partial charge on any atom is 0.308 e. The highest BCUT2D eigenvalue weighted by molar-refractivity contribution is 7.13. The van der Waals surface area contributed by atoms with Crippen molar-refractivity contribution in [1.82, 2.24) is 10.3 Å². The molecule has 2 unspecified atom stereocenters. The van der Waals surface area contributed by atoms with E-state index >= 15 is 0 Å². The average molecular weight is 334 g/mol. The zero-order valence-electron chi connectivity index (χ0n) is 13.1. The minimum atomic E-state index is -0.949. The van der Waals surface area contributed by atoms with Gasteiger partial charge in [-0.05, 0) is 38.1 Å². The quantitative estimate of drug-likeness (QED) is 0.848. The number of hydrogen-bond acceptors (Lipinski definition) is 5. The van der Waals surface area contributed by atoms with Gasteiger partial charge >= 0.3 is 5.97 Å². The summed E-state index contributed by atoms with van der Waals surface area (Å²) in [4.78, 5) is 27.4. The van der Waals surface area contributed by atoms with Gasteiger partial charge in [0.1, 0.15) is 16.5 Å². The number of methoxy groups -OCH3 is 1. The minimum Gasteiger partial charge on any atom is -0.497 e. The summed E-state index contributed by atoms with van der Waals surface area (Å²) in [5.41, 5.74) is 1.17. The van der Waals surface area contributed by atoms with Gasteiger partial charge in [0, 0.05) is 17.0 Å². The van der Waals surface area contributed by atoms with E-state index in [1.165, 1.54) is 11.3 Å². The predicted molar refractivity (Wildman–Crippen MR) is 87.8 cm³/mol. The molecule has 2 N–H and O–H groups in total. The van der Waals surface area contributed by atoms with Crippen LogP contribution in [0.4, 0.5) is 0 Å². The van der Waals surface area contributed by atoms with Gasteiger partial charge in [0.25, 0.3) is 5.91 Å². The zero-order chi connectivity index (χ0) is 17.0. The fourth-order valence-corrected chi connectivity index (χ4v) is 2.67. The molecule has 0 aliphatic rings. The first kappa shape index (κ1) is 17.0. The maximum atomic E-state index is 12.1. The van der Waals surface area contributed by atoms with E-state index < -0.39 is 17.9 Å². The number of amides is 1. The van der Waals surface area contributed by atoms with Gasteiger partial charge in [-0.2, -0.15) is 0 Å². The van der Waals surface area contributed by atoms with Crippen LogP contribution in [0.2, 0.25) is 0 Å². The molecule has 0 saturated heterocycles. The summed E-state index contributed by atoms with van der Waals surface area (Å²) in [6.07, 6.45) is 0. The second-order valence-corrected chi connectivity index (χ2v) is 6.01. The molecule has 1 amide bonds. The van der Waals surface area contributed by atoms with Crippen molar-refractivity contribution in [3.8, 4) is 16.3 Å². The van der Waals surface area contributed by atoms with Crippen molar-refractivity contribution in [2.75, 3.05) is 7.11 Å². The summed E-state index contributed by atoms with van der Waals surface area (Å²) >= 11 is 1.36. The molecule has 0 bridgehead atoms. The van der Waals surface area contributed by atoms with Crippen LogP contribution in [-0.2, 0) is 4.79 Å². The first-order valence-electron chi connectivity index (χ1n) is 7.06. The van der Waals surface area contributed by atoms with Gasteiger partial charge in [-0.1, -0.05) is 0 Å². The highest BCUT2D eigenvalue weighted by Gasteiger charge is 2.22. The van der Waals surface area contributed by atoms with Crippen LogP contribution in [0, 0.1) is 5.92 Å². The van der Waals surface area contributed by atoms with Crippen molar-refractivity contribution >= 4 is 23.2 Å². The molecule has 2 rings (SSSR count). The summed E-state index contributed by atoms with van der Waals surface area (Å²) in [6, 6.07) is 6.91. The second kappa shape index (κ2) is 7.23. The largest absolute Gasteiger partial charge is 0.497 e. The molecule has 2 aromatic rings. The third-order valence-corrected chi connectivity index (χ3v) is 4.46. The number of hydrogen-bond donors (Lipinski definition) is 2. The van der Waals surface area contributed by atoms with Crippen molar-refractivity contribution in [2.45, 2.75) is 19.9 Å². The van der Waals surface area contributed by atoms with Crippen molar-refractivity contribution in [2.24, 2.45) is 5.92 Å². The third kappa shape index (κ3) is 4.07. The zero-order valence-corrected chi connectivity index (χ0v) is 13.9. The Labute approximate surface area is 138 Å². The predicted octanol–water partition coefficient (Wildman–Crippen LogP) is 2.66. The lowest BCUT2D eigenvalue weighted by atomic mass is 10.0. The van der Waals surface area contributed by atoms with Gasteiger partial charge in [-0.3, -0.25) is 9.59 Å². The standard InChI is InChI=1S/C16H18N2O4S/c1-9(16(20)21)10(2)17-14(19)13-8-23-15(18-13)11-4-6-12(22-3)7-5-11/h4-10H,1-3H3,(H,17,19)(H,20,21). The Balaban J connectivity index is 2.08. The number of nitrogens with one attached hydrogen (secondary N) is 1. The van der Waals surface area contributed by atoms with Crippen LogP contribution in [0.15, 0.2) is 29.6 Å². The number of benzene rings is 1. The van der Waals surface area contributed by atoms with Crippen LogP contribution in [0.5, 0.6) is 5.75 Å². The van der Waals surface area contributed by atoms with Gasteiger partial charge in [0.05, 0.1) is 13.0 Å². The van der Waals surface area contributed by atoms with Gasteiger partial charge in [-0.25, -0.2) is 4.98 Å². The molecule has 1 aromatic carbocycles. The lowest BCUT2D eigenvalue weighted by molar-refractivity contribution is -0.141. The summed E-state index contributed by atoms with van der Waals surface area (Å²) in [7, 11) is 1.60. The Morgan fingerprint density at radius 2 is 1.91 bits per heavy atom. The van der Waals surface area contributed by atoms with Crippen molar-refractivity contribution in [3.05, 3.63) is 35.3 Å². The van der Waals surface area contributed by atoms with Crippen LogP contribution in [0.3, 0.4) is 0 Å². The molecule has 0 saturated carbocycles. The molecule has 23 heavy (non-hydrogen) atoms. The number of carboxylic acids is 1. The van der Waals surface area contributed by atoms with Gasteiger partial charge in [-0.15, -0.1) is 11.3 Å². The lowest BCUT2D eigenvalue weighted by Crippen LogP contribution is -2.40. The fourth-order valence-electron chi connectivity index (χ4n) is 1.86. The van der Waals surface area contributed by atoms with E-state index in [1.54, 1.807) is 26.3 Å². The SMILES string of the molecule is COc1ccc(-c2nc(C(=O)NC(C)C(C)C(=O)O)cs2)cc1. The van der Waals surface area contributed by atoms with E-state index in [1.807, 2.05) is 24.3 Å². The van der Waals surface area contributed by atoms with E-state index in [2.05, 4.69) is 10.3 Å². The van der Waals surface area contributed by atoms with Crippen molar-refractivity contribution < 1.29 is 19.4 Å². The summed E-state index contributed by atoms with van der Waals surface area (Å²) < 4.78 is 5.10. The number of aliphatic carboxylic acids is 1. The fraction of sp³-hybridized carbons (Fsp3) is 0.312. The Morgan fingerprint density at radius 1 is 1.26 bits per heavy atom. The van der Waals surface area contributed by atoms with Gasteiger partial charge in [0.15, 0.2) is 0 Å². The Kier molecular flexibility index (Phi) is 5.33. The van der Waals surface area contributed by atoms with E-state index in [-0.39, 0.29) is 11.6 Å². The lowest BCUT2D eigenvalue weighted by Gasteiger charge is -2.16. The number of thiazole rings is 1. The monoisotopic (exact) mass is 334 g/mol. The van der Waals surface area contributed by atoms with Crippen LogP contribution >= 0.6 is 11.3 Å². The first-order valence-corrected chi connectivity index (χ1v) is 7.94. The Morgan fingerprint density at radius 3 is 2.48 bits per heavy atom. The first-order chi connectivity index (χ1) is 10.9. The molecule has 0 radical (unpaired) electrons. The molecule has 0 spiro atoms. The highest BCUT2D eigenvalue weighted by Crippen LogP contribution is 2.25. The number of nitrogens with zero attached hydrogens (tertiary/aromatic N) is 1. The summed E-state index contributed by atoms with van der Waals surface area (Å²) in [5, 5.41) is 14.0. The molecule has 0 aliphatic carbocycles. The molecule has 6 nitrogen and oxygen atoms in total. The van der Waals surface area contributed by atoms with Crippen LogP contribution in [0.1, 0.15) is 24.3 Å². The smallest absolute Gasteiger partial charge is 0.308 e. The topological polar surface area (TPSA) is 88.5 Å². The molecule has 0 aliphatic heterocycles. The molecule has 7 heteroatoms. The van der Waals surface area contributed by atoms with Crippen molar-refractivity contribution in [3.63, 3.8) is 0 Å². The molecule has 122 valence electrons. The Hall–Kier alpha value is -2.41. The third-order valence-electron chi connectivity index (χ3n) is 3.57. The van der Waals surface area contributed by atoms with E-state index in [0.29, 0.717) is 0 Å². The van der Waals surface area contributed by atoms with Gasteiger partial charge in [0.2, 0.25) is 0 Å². The minimum absolute atomic E-state index is 0.283. The molecule has 1 heterocycles. The molecular weight excluding hydrogens is 316 g/mol. The molecule has 2 atom stereocenters. The number of carbonyl (C=O) groups is 2. The van der Waals surface area contributed by atoms with Crippen molar-refractivity contribution in [1.29, 1.82) is 0 Å². The molecule has 0 fully saturated rings. The maximum absolute atomic E-state index is 12.1. The van der Waals surface area contributed by atoms with Gasteiger partial charge < -0.3 is 15.2 Å². The number of ether oxygens (including phenoxy) is 1. The average Bonchev–Trinajstić information content (AvgIpc) is 3.04. The van der Waals surface area contributed by atoms with Crippen LogP contribution in [0.25, 0.3) is 10.6 Å². The summed E-state index contributed by atoms with van der Waals surface area (Å²) in [6.45, 7) is 3.21. The Bertz CT molecular complexity index is 696. The van der Waals surface area contributed by atoms with E-state index in [4.69, 9.17) is 9.84 Å². The van der Waals surface area contributed by atoms with Crippen LogP contribution < -0.4 is 10.1 Å². The highest BCUT2D eigenvalue weighted by atomic mass is 32.1. The van der Waals surface area contributed by atoms with E-state index in [0.717, 1.165) is 16.3 Å². The van der Waals surface area contributed by atoms with Crippen LogP contribution in [-0.4, -0.2) is 35.1 Å². The molecule has 1 aromatic heterocycles. The number of aromatic nitrogens is 1. The summed E-state index contributed by atoms with van der Waals surface area (Å²) in [5.74, 6) is -1.24. The number of carboxylic acid groups (broad SMARTS) is 1. The second-order valence-electron chi connectivity index (χ2n) is 5.16. The normalized spacial score (nSPS) is 13.2. The molecular formula is C16H18N2O4S.